The van der Waals surface area contributed by atoms with Crippen LogP contribution >= 0.6 is 0 Å². The van der Waals surface area contributed by atoms with Crippen LogP contribution in [0.25, 0.3) is 11.1 Å². The number of ether oxygens (including phenoxy) is 2. The van der Waals surface area contributed by atoms with Gasteiger partial charge in [0, 0.05) is 32.7 Å². The Kier molecular flexibility index (Phi) is 5.71. The van der Waals surface area contributed by atoms with Gasteiger partial charge in [-0.25, -0.2) is 4.79 Å². The zero-order valence-corrected chi connectivity index (χ0v) is 20.3. The van der Waals surface area contributed by atoms with E-state index in [9.17, 15) is 4.79 Å². The summed E-state index contributed by atoms with van der Waals surface area (Å²) in [6.45, 7) is 12.9. The monoisotopic (exact) mass is 449 g/mol. The fourth-order valence-electron chi connectivity index (χ4n) is 5.03. The molecule has 0 bridgehead atoms. The third kappa shape index (κ3) is 4.65. The molecular formula is C27H35N3O3. The van der Waals surface area contributed by atoms with Gasteiger partial charge in [-0.1, -0.05) is 30.3 Å². The summed E-state index contributed by atoms with van der Waals surface area (Å²) in [5.41, 5.74) is 5.39. The van der Waals surface area contributed by atoms with Crippen molar-refractivity contribution in [2.75, 3.05) is 46.3 Å². The van der Waals surface area contributed by atoms with E-state index in [0.29, 0.717) is 19.7 Å². The smallest absolute Gasteiger partial charge is 0.410 e. The molecule has 2 aromatic carbocycles. The maximum absolute atomic E-state index is 12.4. The lowest BCUT2D eigenvalue weighted by atomic mass is 9.84. The molecular weight excluding hydrogens is 414 g/mol. The van der Waals surface area contributed by atoms with E-state index >= 15 is 0 Å². The number of carbonyl (C=O) groups excluding carboxylic acids is 1. The van der Waals surface area contributed by atoms with Gasteiger partial charge in [-0.15, -0.1) is 0 Å². The number of likely N-dealkylation sites (tertiary alicyclic amines) is 1. The molecule has 0 unspecified atom stereocenters. The highest BCUT2D eigenvalue weighted by Gasteiger charge is 2.52. The average Bonchev–Trinajstić information content (AvgIpc) is 3.12. The second kappa shape index (κ2) is 8.42. The van der Waals surface area contributed by atoms with Gasteiger partial charge in [0.25, 0.3) is 0 Å². The number of fused-ring (bicyclic) bond motifs is 2. The van der Waals surface area contributed by atoms with Gasteiger partial charge < -0.3 is 19.3 Å². The quantitative estimate of drug-likeness (QED) is 0.707. The Labute approximate surface area is 197 Å². The van der Waals surface area contributed by atoms with Gasteiger partial charge in [0.2, 0.25) is 0 Å². The highest BCUT2D eigenvalue weighted by atomic mass is 16.6. The summed E-state index contributed by atoms with van der Waals surface area (Å²) in [4.78, 5) is 19.0. The van der Waals surface area contributed by atoms with Crippen molar-refractivity contribution in [3.63, 3.8) is 0 Å². The van der Waals surface area contributed by atoms with Crippen LogP contribution in [0.4, 0.5) is 4.79 Å². The molecule has 2 saturated heterocycles. The Balaban J connectivity index is 1.27. The summed E-state index contributed by atoms with van der Waals surface area (Å²) in [7, 11) is 2.19. The molecule has 2 aromatic rings. The lowest BCUT2D eigenvalue weighted by Gasteiger charge is -2.47. The number of nitrogens with zero attached hydrogens (tertiary/aromatic N) is 3. The Bertz CT molecular complexity index is 1030. The van der Waals surface area contributed by atoms with Crippen LogP contribution in [-0.2, 0) is 28.2 Å². The van der Waals surface area contributed by atoms with Crippen molar-refractivity contribution in [2.24, 2.45) is 0 Å². The molecule has 5 rings (SSSR count). The fraction of sp³-hybridized carbons (Fsp3) is 0.519. The zero-order chi connectivity index (χ0) is 23.2. The van der Waals surface area contributed by atoms with Gasteiger partial charge in [0.1, 0.15) is 11.2 Å². The van der Waals surface area contributed by atoms with E-state index in [4.69, 9.17) is 9.47 Å². The standard InChI is InChI=1S/C27H35N3O3/c1-26(2,3)33-25(31)30-18-27(19-30)24-9-8-22(15-23(24)17-32-27)21-7-5-6-20(14-21)16-29-12-10-28(4)11-13-29/h5-9,14-15H,10-13,16-19H2,1-4H3. The first-order valence-corrected chi connectivity index (χ1v) is 12.0. The molecule has 6 nitrogen and oxygen atoms in total. The van der Waals surface area contributed by atoms with Gasteiger partial charge in [-0.3, -0.25) is 4.90 Å². The molecule has 1 spiro atoms. The lowest BCUT2D eigenvalue weighted by Crippen LogP contribution is -2.61. The second-order valence-electron chi connectivity index (χ2n) is 10.8. The van der Waals surface area contributed by atoms with Crippen molar-refractivity contribution < 1.29 is 14.3 Å². The van der Waals surface area contributed by atoms with Gasteiger partial charge in [-0.05, 0) is 67.8 Å². The van der Waals surface area contributed by atoms with Crippen molar-refractivity contribution >= 4 is 6.09 Å². The number of benzene rings is 2. The molecule has 0 radical (unpaired) electrons. The molecule has 0 aromatic heterocycles. The topological polar surface area (TPSA) is 45.2 Å². The molecule has 6 heteroatoms. The molecule has 3 heterocycles. The molecule has 33 heavy (non-hydrogen) atoms. The highest BCUT2D eigenvalue weighted by molar-refractivity contribution is 5.71. The third-order valence-corrected chi connectivity index (χ3v) is 6.91. The molecule has 3 aliphatic heterocycles. The van der Waals surface area contributed by atoms with Crippen molar-refractivity contribution in [2.45, 2.75) is 45.1 Å². The van der Waals surface area contributed by atoms with Crippen molar-refractivity contribution in [1.29, 1.82) is 0 Å². The Hall–Kier alpha value is -2.41. The van der Waals surface area contributed by atoms with Crippen LogP contribution in [0.15, 0.2) is 42.5 Å². The Morgan fingerprint density at radius 1 is 1.03 bits per heavy atom. The number of piperazine rings is 1. The number of hydrogen-bond donors (Lipinski definition) is 0. The first-order chi connectivity index (χ1) is 15.7. The van der Waals surface area contributed by atoms with Crippen LogP contribution in [0.5, 0.6) is 0 Å². The number of rotatable bonds is 3. The molecule has 3 aliphatic rings. The predicted molar refractivity (Wildman–Crippen MR) is 129 cm³/mol. The molecule has 1 amide bonds. The number of carbonyl (C=O) groups is 1. The SMILES string of the molecule is CN1CCN(Cc2cccc(-c3ccc4c(c3)COC43CN(C(=O)OC(C)(C)C)C3)c2)CC1. The van der Waals surface area contributed by atoms with E-state index in [2.05, 4.69) is 59.3 Å². The van der Waals surface area contributed by atoms with Gasteiger partial charge in [0.05, 0.1) is 19.7 Å². The summed E-state index contributed by atoms with van der Waals surface area (Å²) in [5.74, 6) is 0. The van der Waals surface area contributed by atoms with E-state index in [1.165, 1.54) is 27.8 Å². The van der Waals surface area contributed by atoms with Gasteiger partial charge in [0.15, 0.2) is 0 Å². The van der Waals surface area contributed by atoms with Gasteiger partial charge in [-0.2, -0.15) is 0 Å². The third-order valence-electron chi connectivity index (χ3n) is 6.91. The van der Waals surface area contributed by atoms with Crippen LogP contribution < -0.4 is 0 Å². The summed E-state index contributed by atoms with van der Waals surface area (Å²) >= 11 is 0. The van der Waals surface area contributed by atoms with Crippen LogP contribution in [0.3, 0.4) is 0 Å². The van der Waals surface area contributed by atoms with Crippen molar-refractivity contribution in [3.8, 4) is 11.1 Å². The molecule has 2 fully saturated rings. The first kappa shape index (κ1) is 22.4. The second-order valence-corrected chi connectivity index (χ2v) is 10.8. The summed E-state index contributed by atoms with van der Waals surface area (Å²) < 4.78 is 11.7. The zero-order valence-electron chi connectivity index (χ0n) is 20.3. The maximum Gasteiger partial charge on any atom is 0.410 e. The number of hydrogen-bond acceptors (Lipinski definition) is 5. The minimum atomic E-state index is -0.484. The molecule has 0 N–H and O–H groups in total. The van der Waals surface area contributed by atoms with Gasteiger partial charge >= 0.3 is 6.09 Å². The normalized spacial score (nSPS) is 20.5. The average molecular weight is 450 g/mol. The molecule has 0 atom stereocenters. The van der Waals surface area contributed by atoms with Crippen LogP contribution in [0.1, 0.15) is 37.5 Å². The largest absolute Gasteiger partial charge is 0.444 e. The van der Waals surface area contributed by atoms with Crippen molar-refractivity contribution in [3.05, 3.63) is 59.2 Å². The number of amides is 1. The summed E-state index contributed by atoms with van der Waals surface area (Å²) in [6, 6.07) is 15.5. The predicted octanol–water partition coefficient (Wildman–Crippen LogP) is 4.08. The summed E-state index contributed by atoms with van der Waals surface area (Å²) in [5, 5.41) is 0. The Morgan fingerprint density at radius 2 is 1.76 bits per heavy atom. The fourth-order valence-corrected chi connectivity index (χ4v) is 5.03. The highest BCUT2D eigenvalue weighted by Crippen LogP contribution is 2.45. The van der Waals surface area contributed by atoms with E-state index in [-0.39, 0.29) is 11.7 Å². The Morgan fingerprint density at radius 3 is 2.48 bits per heavy atom. The van der Waals surface area contributed by atoms with E-state index in [0.717, 1.165) is 32.7 Å². The maximum atomic E-state index is 12.4. The van der Waals surface area contributed by atoms with E-state index in [1.807, 2.05) is 20.8 Å². The van der Waals surface area contributed by atoms with E-state index < -0.39 is 5.60 Å². The molecule has 0 saturated carbocycles. The van der Waals surface area contributed by atoms with Crippen molar-refractivity contribution in [1.82, 2.24) is 14.7 Å². The lowest BCUT2D eigenvalue weighted by molar-refractivity contribution is -0.137. The molecule has 0 aliphatic carbocycles. The van der Waals surface area contributed by atoms with Crippen LogP contribution in [-0.4, -0.2) is 72.7 Å². The number of likely N-dealkylation sites (N-methyl/N-ethyl adjacent to an activating group) is 1. The van der Waals surface area contributed by atoms with Crippen LogP contribution in [0.2, 0.25) is 0 Å². The van der Waals surface area contributed by atoms with E-state index in [1.54, 1.807) is 4.90 Å². The summed E-state index contributed by atoms with van der Waals surface area (Å²) in [6.07, 6.45) is -0.265. The minimum absolute atomic E-state index is 0.265. The van der Waals surface area contributed by atoms with Crippen LogP contribution in [0, 0.1) is 0 Å². The molecule has 176 valence electrons. The minimum Gasteiger partial charge on any atom is -0.444 e. The first-order valence-electron chi connectivity index (χ1n) is 12.0.